The van der Waals surface area contributed by atoms with Crippen LogP contribution >= 0.6 is 0 Å². The summed E-state index contributed by atoms with van der Waals surface area (Å²) in [6, 6.07) is 1.78. The zero-order valence-corrected chi connectivity index (χ0v) is 12.1. The van der Waals surface area contributed by atoms with E-state index in [0.29, 0.717) is 24.9 Å². The monoisotopic (exact) mass is 281 g/mol. The molecule has 0 radical (unpaired) electrons. The average Bonchev–Trinajstić information content (AvgIpc) is 2.44. The van der Waals surface area contributed by atoms with E-state index in [-0.39, 0.29) is 5.60 Å². The van der Waals surface area contributed by atoms with Crippen molar-refractivity contribution >= 4 is 11.6 Å². The number of nitrogens with two attached hydrogens (primary N) is 1. The number of nitrogens with one attached hydrogen (secondary N) is 2. The highest BCUT2D eigenvalue weighted by Crippen LogP contribution is 2.35. The van der Waals surface area contributed by atoms with Crippen LogP contribution in [0.1, 0.15) is 32.0 Å². The Morgan fingerprint density at radius 1 is 1.35 bits per heavy atom. The van der Waals surface area contributed by atoms with Gasteiger partial charge in [-0.1, -0.05) is 0 Å². The molecule has 0 atom stereocenters. The Morgan fingerprint density at radius 2 is 2.10 bits per heavy atom. The van der Waals surface area contributed by atoms with Crippen LogP contribution < -0.4 is 16.6 Å². The fraction of sp³-hybridized carbons (Fsp3) is 0.692. The number of nitrogens with zero attached hydrogens (tertiary/aromatic N) is 2. The number of anilines is 2. The molecule has 20 heavy (non-hydrogen) atoms. The minimum atomic E-state index is -0.0542. The number of ether oxygens (including phenoxy) is 2. The standard InChI is InChI=1S/C13H23N5O2/c1-3-20-8-12-16-10(7-11(17-12)18-14)15-9-13(19-2)5-4-6-13/h7H,3-6,8-9,14H2,1-2H3,(H2,15,16,17,18). The van der Waals surface area contributed by atoms with Crippen molar-refractivity contribution in [2.24, 2.45) is 5.84 Å². The second-order valence-corrected chi connectivity index (χ2v) is 4.93. The first-order chi connectivity index (χ1) is 9.71. The third kappa shape index (κ3) is 3.56. The summed E-state index contributed by atoms with van der Waals surface area (Å²) in [6.45, 7) is 3.66. The van der Waals surface area contributed by atoms with Crippen LogP contribution in [0.5, 0.6) is 0 Å². The lowest BCUT2D eigenvalue weighted by atomic mass is 9.80. The van der Waals surface area contributed by atoms with Crippen LogP contribution in [-0.4, -0.2) is 35.8 Å². The third-order valence-electron chi connectivity index (χ3n) is 3.65. The topological polar surface area (TPSA) is 94.3 Å². The molecule has 0 spiro atoms. The molecule has 4 N–H and O–H groups in total. The van der Waals surface area contributed by atoms with Gasteiger partial charge in [0.1, 0.15) is 18.2 Å². The van der Waals surface area contributed by atoms with Crippen LogP contribution in [0.3, 0.4) is 0 Å². The van der Waals surface area contributed by atoms with Crippen LogP contribution in [0.2, 0.25) is 0 Å². The van der Waals surface area contributed by atoms with E-state index in [1.165, 1.54) is 6.42 Å². The fourth-order valence-electron chi connectivity index (χ4n) is 2.20. The first-order valence-corrected chi connectivity index (χ1v) is 6.93. The number of hydrogen-bond donors (Lipinski definition) is 3. The average molecular weight is 281 g/mol. The summed E-state index contributed by atoms with van der Waals surface area (Å²) in [6.07, 6.45) is 3.37. The lowest BCUT2D eigenvalue weighted by Gasteiger charge is -2.40. The fourth-order valence-corrected chi connectivity index (χ4v) is 2.20. The minimum absolute atomic E-state index is 0.0542. The molecule has 0 aromatic carbocycles. The molecule has 1 heterocycles. The maximum atomic E-state index is 5.58. The van der Waals surface area contributed by atoms with E-state index in [9.17, 15) is 0 Å². The smallest absolute Gasteiger partial charge is 0.158 e. The predicted octanol–water partition coefficient (Wildman–Crippen LogP) is 1.28. The van der Waals surface area contributed by atoms with E-state index in [4.69, 9.17) is 15.3 Å². The number of hydrazine groups is 1. The molecular formula is C13H23N5O2. The second-order valence-electron chi connectivity index (χ2n) is 4.93. The van der Waals surface area contributed by atoms with Gasteiger partial charge in [0.25, 0.3) is 0 Å². The maximum Gasteiger partial charge on any atom is 0.158 e. The van der Waals surface area contributed by atoms with Gasteiger partial charge in [0, 0.05) is 26.3 Å². The molecule has 7 heteroatoms. The molecule has 1 saturated carbocycles. The molecule has 0 aliphatic heterocycles. The van der Waals surface area contributed by atoms with Crippen molar-refractivity contribution in [3.8, 4) is 0 Å². The summed E-state index contributed by atoms with van der Waals surface area (Å²) in [5, 5.41) is 3.30. The lowest BCUT2D eigenvalue weighted by Crippen LogP contribution is -2.45. The zero-order chi connectivity index (χ0) is 14.4. The van der Waals surface area contributed by atoms with Crippen molar-refractivity contribution in [3.63, 3.8) is 0 Å². The van der Waals surface area contributed by atoms with Crippen LogP contribution in [0.25, 0.3) is 0 Å². The van der Waals surface area contributed by atoms with Gasteiger partial charge in [-0.25, -0.2) is 15.8 Å². The summed E-state index contributed by atoms with van der Waals surface area (Å²) >= 11 is 0. The summed E-state index contributed by atoms with van der Waals surface area (Å²) in [4.78, 5) is 8.66. The van der Waals surface area contributed by atoms with Gasteiger partial charge in [-0.3, -0.25) is 0 Å². The van der Waals surface area contributed by atoms with Crippen molar-refractivity contribution in [2.45, 2.75) is 38.4 Å². The lowest BCUT2D eigenvalue weighted by molar-refractivity contribution is -0.0601. The Hall–Kier alpha value is -1.44. The van der Waals surface area contributed by atoms with Crippen LogP contribution in [0.15, 0.2) is 6.07 Å². The van der Waals surface area contributed by atoms with E-state index in [0.717, 1.165) is 25.2 Å². The molecule has 2 rings (SSSR count). The largest absolute Gasteiger partial charge is 0.376 e. The van der Waals surface area contributed by atoms with Crippen molar-refractivity contribution in [2.75, 3.05) is 31.0 Å². The molecule has 1 aromatic heterocycles. The van der Waals surface area contributed by atoms with Gasteiger partial charge in [-0.2, -0.15) is 0 Å². The Labute approximate surface area is 119 Å². The molecular weight excluding hydrogens is 258 g/mol. The maximum absolute atomic E-state index is 5.58. The zero-order valence-electron chi connectivity index (χ0n) is 12.1. The Balaban J connectivity index is 2.02. The number of rotatable bonds is 8. The van der Waals surface area contributed by atoms with Gasteiger partial charge in [0.2, 0.25) is 0 Å². The summed E-state index contributed by atoms with van der Waals surface area (Å²) in [5.41, 5.74) is 2.49. The van der Waals surface area contributed by atoms with Crippen molar-refractivity contribution in [3.05, 3.63) is 11.9 Å². The van der Waals surface area contributed by atoms with Crippen LogP contribution in [0.4, 0.5) is 11.6 Å². The molecule has 0 amide bonds. The van der Waals surface area contributed by atoms with E-state index in [2.05, 4.69) is 20.7 Å². The Bertz CT molecular complexity index is 431. The van der Waals surface area contributed by atoms with Gasteiger partial charge in [-0.15, -0.1) is 0 Å². The normalized spacial score (nSPS) is 16.6. The van der Waals surface area contributed by atoms with Crippen molar-refractivity contribution in [1.82, 2.24) is 9.97 Å². The van der Waals surface area contributed by atoms with Gasteiger partial charge in [0.05, 0.1) is 5.60 Å². The number of aromatic nitrogens is 2. The molecule has 112 valence electrons. The predicted molar refractivity (Wildman–Crippen MR) is 77.3 cm³/mol. The molecule has 0 unspecified atom stereocenters. The van der Waals surface area contributed by atoms with Gasteiger partial charge >= 0.3 is 0 Å². The van der Waals surface area contributed by atoms with E-state index in [1.807, 2.05) is 6.92 Å². The molecule has 1 fully saturated rings. The van der Waals surface area contributed by atoms with Gasteiger partial charge in [0.15, 0.2) is 5.82 Å². The Kier molecular flexibility index (Phi) is 5.11. The SMILES string of the molecule is CCOCc1nc(NN)cc(NCC2(OC)CCC2)n1. The minimum Gasteiger partial charge on any atom is -0.376 e. The van der Waals surface area contributed by atoms with E-state index >= 15 is 0 Å². The van der Waals surface area contributed by atoms with Gasteiger partial charge < -0.3 is 20.2 Å². The first-order valence-electron chi connectivity index (χ1n) is 6.93. The highest BCUT2D eigenvalue weighted by Gasteiger charge is 2.36. The van der Waals surface area contributed by atoms with E-state index < -0.39 is 0 Å². The van der Waals surface area contributed by atoms with Crippen LogP contribution in [0, 0.1) is 0 Å². The number of nitrogen functional groups attached to an aromatic ring is 1. The number of methoxy groups -OCH3 is 1. The molecule has 0 saturated heterocycles. The van der Waals surface area contributed by atoms with Crippen LogP contribution in [-0.2, 0) is 16.1 Å². The Morgan fingerprint density at radius 3 is 2.65 bits per heavy atom. The summed E-state index contributed by atoms with van der Waals surface area (Å²) in [7, 11) is 1.76. The van der Waals surface area contributed by atoms with Crippen molar-refractivity contribution in [1.29, 1.82) is 0 Å². The molecule has 7 nitrogen and oxygen atoms in total. The number of hydrogen-bond acceptors (Lipinski definition) is 7. The van der Waals surface area contributed by atoms with Gasteiger partial charge in [-0.05, 0) is 26.2 Å². The van der Waals surface area contributed by atoms with E-state index in [1.54, 1.807) is 13.2 Å². The first kappa shape index (κ1) is 15.0. The van der Waals surface area contributed by atoms with Crippen molar-refractivity contribution < 1.29 is 9.47 Å². The molecule has 1 aliphatic rings. The highest BCUT2D eigenvalue weighted by atomic mass is 16.5. The molecule has 0 bridgehead atoms. The molecule has 1 aliphatic carbocycles. The third-order valence-corrected chi connectivity index (χ3v) is 3.65. The quantitative estimate of drug-likeness (QED) is 0.488. The molecule has 1 aromatic rings. The second kappa shape index (κ2) is 6.83. The highest BCUT2D eigenvalue weighted by molar-refractivity contribution is 5.47. The summed E-state index contributed by atoms with van der Waals surface area (Å²) < 4.78 is 10.9. The summed E-state index contributed by atoms with van der Waals surface area (Å²) in [5.74, 6) is 7.32.